The van der Waals surface area contributed by atoms with Crippen LogP contribution >= 0.6 is 0 Å². The lowest BCUT2D eigenvalue weighted by Gasteiger charge is -2.12. The summed E-state index contributed by atoms with van der Waals surface area (Å²) in [5, 5.41) is 2.97. The minimum Gasteiger partial charge on any atom is -0.345 e. The number of aryl methyl sites for hydroxylation is 1. The molecule has 0 unspecified atom stereocenters. The number of imidazole rings is 1. The van der Waals surface area contributed by atoms with Crippen LogP contribution in [-0.4, -0.2) is 9.97 Å². The minimum absolute atomic E-state index is 0.160. The van der Waals surface area contributed by atoms with Crippen molar-refractivity contribution in [2.45, 2.75) is 26.2 Å². The summed E-state index contributed by atoms with van der Waals surface area (Å²) in [6, 6.07) is 5.57. The van der Waals surface area contributed by atoms with Gasteiger partial charge in [0.05, 0.1) is 5.56 Å². The van der Waals surface area contributed by atoms with Gasteiger partial charge in [0.2, 0.25) is 0 Å². The van der Waals surface area contributed by atoms with Crippen LogP contribution < -0.4 is 5.32 Å². The average Bonchev–Trinajstić information content (AvgIpc) is 2.74. The molecule has 0 aliphatic heterocycles. The summed E-state index contributed by atoms with van der Waals surface area (Å²) in [4.78, 5) is 7.03. The Labute approximate surface area is 108 Å². The molecule has 0 atom stereocenters. The Bertz CT molecular complexity index is 546. The molecular formula is C13H14F3N3. The van der Waals surface area contributed by atoms with E-state index < -0.39 is 11.7 Å². The van der Waals surface area contributed by atoms with Gasteiger partial charge in [-0.2, -0.15) is 13.2 Å². The van der Waals surface area contributed by atoms with Crippen LogP contribution in [0.4, 0.5) is 13.2 Å². The van der Waals surface area contributed by atoms with E-state index in [4.69, 9.17) is 0 Å². The topological polar surface area (TPSA) is 40.7 Å². The molecule has 1 aromatic carbocycles. The highest BCUT2D eigenvalue weighted by Crippen LogP contribution is 2.31. The Hall–Kier alpha value is -1.82. The first-order valence-electron chi connectivity index (χ1n) is 5.83. The summed E-state index contributed by atoms with van der Waals surface area (Å²) in [7, 11) is 0. The van der Waals surface area contributed by atoms with E-state index in [0.717, 1.165) is 17.6 Å². The highest BCUT2D eigenvalue weighted by Gasteiger charge is 2.32. The molecule has 2 N–H and O–H groups in total. The maximum atomic E-state index is 12.8. The smallest absolute Gasteiger partial charge is 0.345 e. The van der Waals surface area contributed by atoms with Crippen molar-refractivity contribution in [1.29, 1.82) is 0 Å². The van der Waals surface area contributed by atoms with Crippen molar-refractivity contribution < 1.29 is 13.2 Å². The number of rotatable bonds is 4. The lowest BCUT2D eigenvalue weighted by Crippen LogP contribution is -2.17. The predicted octanol–water partition coefficient (Wildman–Crippen LogP) is 3.03. The second-order valence-electron chi connectivity index (χ2n) is 4.25. The molecule has 0 saturated carbocycles. The summed E-state index contributed by atoms with van der Waals surface area (Å²) < 4.78 is 38.3. The first-order chi connectivity index (χ1) is 8.97. The maximum absolute atomic E-state index is 12.8. The van der Waals surface area contributed by atoms with Gasteiger partial charge in [-0.3, -0.25) is 0 Å². The van der Waals surface area contributed by atoms with Crippen molar-refractivity contribution in [3.8, 4) is 0 Å². The Morgan fingerprint density at radius 1 is 1.21 bits per heavy atom. The average molecular weight is 269 g/mol. The summed E-state index contributed by atoms with van der Waals surface area (Å²) in [5.74, 6) is 0.785. The maximum Gasteiger partial charge on any atom is 0.416 e. The number of H-pyrrole nitrogens is 1. The van der Waals surface area contributed by atoms with Crippen LogP contribution in [-0.2, 0) is 19.3 Å². The van der Waals surface area contributed by atoms with E-state index in [-0.39, 0.29) is 12.1 Å². The first kappa shape index (κ1) is 13.6. The first-order valence-corrected chi connectivity index (χ1v) is 5.83. The Morgan fingerprint density at radius 2 is 1.95 bits per heavy atom. The van der Waals surface area contributed by atoms with Crippen molar-refractivity contribution >= 4 is 0 Å². The molecule has 3 nitrogen and oxygen atoms in total. The normalized spacial score (nSPS) is 11.8. The standard InChI is InChI=1S/C13H14F3N3/c1-9-18-8-11(19-9)7-17-6-10-4-2-3-5-12(10)13(14,15)16/h2-5,8,17H,6-7H2,1H3,(H,18,19). The summed E-state index contributed by atoms with van der Waals surface area (Å²) in [6.07, 6.45) is -2.65. The van der Waals surface area contributed by atoms with Gasteiger partial charge in [0.1, 0.15) is 5.82 Å². The van der Waals surface area contributed by atoms with E-state index >= 15 is 0 Å². The van der Waals surface area contributed by atoms with E-state index in [0.29, 0.717) is 6.54 Å². The highest BCUT2D eigenvalue weighted by atomic mass is 19.4. The van der Waals surface area contributed by atoms with Gasteiger partial charge < -0.3 is 10.3 Å². The molecule has 0 bridgehead atoms. The molecule has 0 amide bonds. The molecule has 0 saturated heterocycles. The summed E-state index contributed by atoms with van der Waals surface area (Å²) in [5.41, 5.74) is 0.497. The third kappa shape index (κ3) is 3.57. The molecule has 2 aromatic rings. The van der Waals surface area contributed by atoms with Gasteiger partial charge in [-0.25, -0.2) is 4.98 Å². The van der Waals surface area contributed by atoms with Crippen LogP contribution in [0.1, 0.15) is 22.6 Å². The van der Waals surface area contributed by atoms with E-state index in [9.17, 15) is 13.2 Å². The number of halogens is 3. The van der Waals surface area contributed by atoms with Crippen LogP contribution in [0.25, 0.3) is 0 Å². The fraction of sp³-hybridized carbons (Fsp3) is 0.308. The van der Waals surface area contributed by atoms with Crippen molar-refractivity contribution in [2.24, 2.45) is 0 Å². The van der Waals surface area contributed by atoms with Gasteiger partial charge in [-0.15, -0.1) is 0 Å². The number of hydrogen-bond donors (Lipinski definition) is 2. The third-order valence-corrected chi connectivity index (χ3v) is 2.71. The zero-order valence-electron chi connectivity index (χ0n) is 10.4. The van der Waals surface area contributed by atoms with Gasteiger partial charge in [0.15, 0.2) is 0 Å². The molecule has 1 heterocycles. The number of aromatic nitrogens is 2. The van der Waals surface area contributed by atoms with Crippen LogP contribution in [0, 0.1) is 6.92 Å². The molecule has 2 rings (SSSR count). The number of benzene rings is 1. The lowest BCUT2D eigenvalue weighted by atomic mass is 10.1. The van der Waals surface area contributed by atoms with E-state index in [1.54, 1.807) is 12.3 Å². The van der Waals surface area contributed by atoms with Gasteiger partial charge in [-0.05, 0) is 18.6 Å². The molecule has 19 heavy (non-hydrogen) atoms. The molecule has 6 heteroatoms. The van der Waals surface area contributed by atoms with Gasteiger partial charge in [-0.1, -0.05) is 18.2 Å². The number of nitrogens with zero attached hydrogens (tertiary/aromatic N) is 1. The van der Waals surface area contributed by atoms with Gasteiger partial charge in [0, 0.05) is 25.0 Å². The van der Waals surface area contributed by atoms with E-state index in [1.165, 1.54) is 12.1 Å². The van der Waals surface area contributed by atoms with Crippen molar-refractivity contribution in [3.63, 3.8) is 0 Å². The second-order valence-corrected chi connectivity index (χ2v) is 4.25. The molecule has 0 aliphatic carbocycles. The quantitative estimate of drug-likeness (QED) is 0.895. The second kappa shape index (κ2) is 5.44. The summed E-state index contributed by atoms with van der Waals surface area (Å²) in [6.45, 7) is 2.43. The van der Waals surface area contributed by atoms with E-state index in [1.807, 2.05) is 6.92 Å². The molecule has 0 spiro atoms. The fourth-order valence-electron chi connectivity index (χ4n) is 1.84. The molecule has 0 aliphatic rings. The third-order valence-electron chi connectivity index (χ3n) is 2.71. The zero-order valence-corrected chi connectivity index (χ0v) is 10.4. The Balaban J connectivity index is 2.00. The number of nitrogens with one attached hydrogen (secondary N) is 2. The highest BCUT2D eigenvalue weighted by molar-refractivity contribution is 5.29. The minimum atomic E-state index is -4.32. The predicted molar refractivity (Wildman–Crippen MR) is 65.3 cm³/mol. The van der Waals surface area contributed by atoms with Crippen molar-refractivity contribution in [2.75, 3.05) is 0 Å². The fourth-order valence-corrected chi connectivity index (χ4v) is 1.84. The molecule has 1 aromatic heterocycles. The van der Waals surface area contributed by atoms with Crippen molar-refractivity contribution in [1.82, 2.24) is 15.3 Å². The number of aromatic amines is 1. The molecule has 102 valence electrons. The van der Waals surface area contributed by atoms with Crippen LogP contribution in [0.5, 0.6) is 0 Å². The molecule has 0 fully saturated rings. The number of alkyl halides is 3. The van der Waals surface area contributed by atoms with Gasteiger partial charge >= 0.3 is 6.18 Å². The SMILES string of the molecule is Cc1ncc(CNCc2ccccc2C(F)(F)F)[nH]1. The lowest BCUT2D eigenvalue weighted by molar-refractivity contribution is -0.138. The van der Waals surface area contributed by atoms with Crippen LogP contribution in [0.2, 0.25) is 0 Å². The monoisotopic (exact) mass is 269 g/mol. The Morgan fingerprint density at radius 3 is 2.58 bits per heavy atom. The number of hydrogen-bond acceptors (Lipinski definition) is 2. The van der Waals surface area contributed by atoms with Crippen LogP contribution in [0.15, 0.2) is 30.5 Å². The van der Waals surface area contributed by atoms with E-state index in [2.05, 4.69) is 15.3 Å². The van der Waals surface area contributed by atoms with Crippen molar-refractivity contribution in [3.05, 3.63) is 53.1 Å². The Kier molecular flexibility index (Phi) is 3.90. The zero-order chi connectivity index (χ0) is 13.9. The molecular weight excluding hydrogens is 255 g/mol. The molecule has 0 radical (unpaired) electrons. The summed E-state index contributed by atoms with van der Waals surface area (Å²) >= 11 is 0. The largest absolute Gasteiger partial charge is 0.416 e. The van der Waals surface area contributed by atoms with Gasteiger partial charge in [0.25, 0.3) is 0 Å². The van der Waals surface area contributed by atoms with Crippen LogP contribution in [0.3, 0.4) is 0 Å².